The number of rotatable bonds is 5. The molecule has 0 heterocycles. The average molecular weight is 232 g/mol. The van der Waals surface area contributed by atoms with Gasteiger partial charge in [-0.05, 0) is 36.8 Å². The van der Waals surface area contributed by atoms with Gasteiger partial charge in [-0.15, -0.1) is 0 Å². The molecule has 2 rings (SSSR count). The number of benzene rings is 1. The SMILES string of the molecule is Cc1ccccc1CC(=O)NC(CN)C1CC1. The minimum Gasteiger partial charge on any atom is -0.352 e. The zero-order valence-corrected chi connectivity index (χ0v) is 10.3. The Labute approximate surface area is 102 Å². The van der Waals surface area contributed by atoms with Gasteiger partial charge in [0.25, 0.3) is 0 Å². The monoisotopic (exact) mass is 232 g/mol. The van der Waals surface area contributed by atoms with Gasteiger partial charge in [-0.2, -0.15) is 0 Å². The van der Waals surface area contributed by atoms with Gasteiger partial charge < -0.3 is 11.1 Å². The van der Waals surface area contributed by atoms with Crippen LogP contribution in [-0.2, 0) is 11.2 Å². The van der Waals surface area contributed by atoms with Gasteiger partial charge in [-0.25, -0.2) is 0 Å². The Morgan fingerprint density at radius 3 is 2.76 bits per heavy atom. The van der Waals surface area contributed by atoms with Crippen molar-refractivity contribution < 1.29 is 4.79 Å². The van der Waals surface area contributed by atoms with Crippen LogP contribution in [0.15, 0.2) is 24.3 Å². The van der Waals surface area contributed by atoms with Crippen LogP contribution < -0.4 is 11.1 Å². The van der Waals surface area contributed by atoms with E-state index in [4.69, 9.17) is 5.73 Å². The predicted molar refractivity (Wildman–Crippen MR) is 68.6 cm³/mol. The maximum absolute atomic E-state index is 11.9. The molecule has 3 heteroatoms. The van der Waals surface area contributed by atoms with E-state index in [0.29, 0.717) is 18.9 Å². The Kier molecular flexibility index (Phi) is 3.79. The molecule has 1 aliphatic rings. The molecule has 1 aliphatic carbocycles. The third-order valence-corrected chi connectivity index (χ3v) is 3.40. The summed E-state index contributed by atoms with van der Waals surface area (Å²) in [4.78, 5) is 11.9. The second-order valence-electron chi connectivity index (χ2n) is 4.85. The Morgan fingerprint density at radius 1 is 1.47 bits per heavy atom. The molecule has 0 bridgehead atoms. The quantitative estimate of drug-likeness (QED) is 0.806. The molecule has 0 aromatic heterocycles. The van der Waals surface area contributed by atoms with Crippen LogP contribution in [-0.4, -0.2) is 18.5 Å². The van der Waals surface area contributed by atoms with Gasteiger partial charge in [-0.3, -0.25) is 4.79 Å². The van der Waals surface area contributed by atoms with Crippen LogP contribution in [0.4, 0.5) is 0 Å². The van der Waals surface area contributed by atoms with Crippen LogP contribution in [0.5, 0.6) is 0 Å². The lowest BCUT2D eigenvalue weighted by atomic mass is 10.1. The summed E-state index contributed by atoms with van der Waals surface area (Å²) in [6.45, 7) is 2.58. The van der Waals surface area contributed by atoms with E-state index in [9.17, 15) is 4.79 Å². The largest absolute Gasteiger partial charge is 0.352 e. The first kappa shape index (κ1) is 12.1. The molecule has 1 atom stereocenters. The van der Waals surface area contributed by atoms with Crippen molar-refractivity contribution in [3.8, 4) is 0 Å². The van der Waals surface area contributed by atoms with E-state index in [2.05, 4.69) is 5.32 Å². The highest BCUT2D eigenvalue weighted by molar-refractivity contribution is 5.79. The fourth-order valence-electron chi connectivity index (χ4n) is 2.11. The average Bonchev–Trinajstić information content (AvgIpc) is 3.13. The van der Waals surface area contributed by atoms with E-state index in [1.54, 1.807) is 0 Å². The first-order valence-electron chi connectivity index (χ1n) is 6.24. The summed E-state index contributed by atoms with van der Waals surface area (Å²) in [5.41, 5.74) is 7.93. The molecular weight excluding hydrogens is 212 g/mol. The van der Waals surface area contributed by atoms with Gasteiger partial charge in [0.05, 0.1) is 6.42 Å². The molecule has 0 radical (unpaired) electrons. The summed E-state index contributed by atoms with van der Waals surface area (Å²) < 4.78 is 0. The van der Waals surface area contributed by atoms with Crippen molar-refractivity contribution in [2.45, 2.75) is 32.2 Å². The van der Waals surface area contributed by atoms with Crippen molar-refractivity contribution in [2.75, 3.05) is 6.54 Å². The first-order chi connectivity index (χ1) is 8.20. The first-order valence-corrected chi connectivity index (χ1v) is 6.24. The zero-order chi connectivity index (χ0) is 12.3. The Morgan fingerprint density at radius 2 is 2.18 bits per heavy atom. The van der Waals surface area contributed by atoms with Crippen molar-refractivity contribution in [1.29, 1.82) is 0 Å². The molecule has 1 saturated carbocycles. The highest BCUT2D eigenvalue weighted by Gasteiger charge is 2.31. The topological polar surface area (TPSA) is 55.1 Å². The Balaban J connectivity index is 1.90. The molecule has 0 spiro atoms. The summed E-state index contributed by atoms with van der Waals surface area (Å²) in [5, 5.41) is 3.04. The molecule has 17 heavy (non-hydrogen) atoms. The number of nitrogens with two attached hydrogens (primary N) is 1. The highest BCUT2D eigenvalue weighted by Crippen LogP contribution is 2.32. The molecule has 1 fully saturated rings. The lowest BCUT2D eigenvalue weighted by Crippen LogP contribution is -2.42. The smallest absolute Gasteiger partial charge is 0.224 e. The standard InChI is InChI=1S/C14H20N2O/c1-10-4-2-3-5-12(10)8-14(17)16-13(9-15)11-6-7-11/h2-5,11,13H,6-9,15H2,1H3,(H,16,17). The number of hydrogen-bond donors (Lipinski definition) is 2. The van der Waals surface area contributed by atoms with E-state index < -0.39 is 0 Å². The van der Waals surface area contributed by atoms with E-state index in [-0.39, 0.29) is 11.9 Å². The second kappa shape index (κ2) is 5.32. The molecule has 1 aromatic rings. The normalized spacial score (nSPS) is 16.6. The van der Waals surface area contributed by atoms with Gasteiger partial charge in [0.1, 0.15) is 0 Å². The summed E-state index contributed by atoms with van der Waals surface area (Å²) >= 11 is 0. The second-order valence-corrected chi connectivity index (χ2v) is 4.85. The molecule has 3 N–H and O–H groups in total. The van der Waals surface area contributed by atoms with Crippen molar-refractivity contribution in [1.82, 2.24) is 5.32 Å². The van der Waals surface area contributed by atoms with Gasteiger partial charge in [0, 0.05) is 12.6 Å². The van der Waals surface area contributed by atoms with Crippen molar-refractivity contribution in [3.05, 3.63) is 35.4 Å². The molecule has 3 nitrogen and oxygen atoms in total. The van der Waals surface area contributed by atoms with Crippen LogP contribution in [0, 0.1) is 12.8 Å². The molecule has 92 valence electrons. The van der Waals surface area contributed by atoms with Gasteiger partial charge >= 0.3 is 0 Å². The third kappa shape index (κ3) is 3.30. The summed E-state index contributed by atoms with van der Waals surface area (Å²) in [5.74, 6) is 0.697. The lowest BCUT2D eigenvalue weighted by molar-refractivity contribution is -0.121. The minimum absolute atomic E-state index is 0.0849. The molecule has 1 amide bonds. The number of hydrogen-bond acceptors (Lipinski definition) is 2. The van der Waals surface area contributed by atoms with Crippen LogP contribution in [0.1, 0.15) is 24.0 Å². The number of nitrogens with one attached hydrogen (secondary N) is 1. The van der Waals surface area contributed by atoms with Crippen molar-refractivity contribution in [3.63, 3.8) is 0 Å². The number of carbonyl (C=O) groups excluding carboxylic acids is 1. The van der Waals surface area contributed by atoms with E-state index in [0.717, 1.165) is 5.56 Å². The van der Waals surface area contributed by atoms with Crippen LogP contribution in [0.2, 0.25) is 0 Å². The predicted octanol–water partition coefficient (Wildman–Crippen LogP) is 1.39. The maximum Gasteiger partial charge on any atom is 0.224 e. The van der Waals surface area contributed by atoms with Gasteiger partial charge in [0.15, 0.2) is 0 Å². The highest BCUT2D eigenvalue weighted by atomic mass is 16.1. The van der Waals surface area contributed by atoms with Crippen molar-refractivity contribution >= 4 is 5.91 Å². The van der Waals surface area contributed by atoms with E-state index in [1.165, 1.54) is 18.4 Å². The summed E-state index contributed by atoms with van der Waals surface area (Å²) in [7, 11) is 0. The van der Waals surface area contributed by atoms with E-state index in [1.807, 2.05) is 31.2 Å². The van der Waals surface area contributed by atoms with Crippen LogP contribution in [0.3, 0.4) is 0 Å². The fourth-order valence-corrected chi connectivity index (χ4v) is 2.11. The van der Waals surface area contributed by atoms with Gasteiger partial charge in [-0.1, -0.05) is 24.3 Å². The lowest BCUT2D eigenvalue weighted by Gasteiger charge is -2.16. The maximum atomic E-state index is 11.9. The molecule has 1 unspecified atom stereocenters. The summed E-state index contributed by atoms with van der Waals surface area (Å²) in [6.07, 6.45) is 2.86. The zero-order valence-electron chi connectivity index (χ0n) is 10.3. The van der Waals surface area contributed by atoms with Gasteiger partial charge in [0.2, 0.25) is 5.91 Å². The minimum atomic E-state index is 0.0849. The Bertz CT molecular complexity index is 399. The molecule has 1 aromatic carbocycles. The number of carbonyl (C=O) groups is 1. The van der Waals surface area contributed by atoms with Crippen LogP contribution in [0.25, 0.3) is 0 Å². The molecule has 0 aliphatic heterocycles. The number of aryl methyl sites for hydroxylation is 1. The fraction of sp³-hybridized carbons (Fsp3) is 0.500. The summed E-state index contributed by atoms with van der Waals surface area (Å²) in [6, 6.07) is 8.17. The van der Waals surface area contributed by atoms with E-state index >= 15 is 0 Å². The van der Waals surface area contributed by atoms with Crippen LogP contribution >= 0.6 is 0 Å². The third-order valence-electron chi connectivity index (χ3n) is 3.40. The Hall–Kier alpha value is -1.35. The van der Waals surface area contributed by atoms with Crippen molar-refractivity contribution in [2.24, 2.45) is 11.7 Å². The molecule has 0 saturated heterocycles. The molecular formula is C14H20N2O. The number of amides is 1.